The first-order valence-corrected chi connectivity index (χ1v) is 12.5. The van der Waals surface area contributed by atoms with Crippen molar-refractivity contribution < 1.29 is 14.3 Å². The van der Waals surface area contributed by atoms with Gasteiger partial charge in [0.1, 0.15) is 5.75 Å². The van der Waals surface area contributed by atoms with Gasteiger partial charge in [-0.1, -0.05) is 35.9 Å². The Kier molecular flexibility index (Phi) is 8.40. The molecular weight excluding hydrogens is 496 g/mol. The quantitative estimate of drug-likeness (QED) is 0.452. The van der Waals surface area contributed by atoms with Crippen LogP contribution >= 0.6 is 23.8 Å². The summed E-state index contributed by atoms with van der Waals surface area (Å²) in [6, 6.07) is 21.8. The molecule has 186 valence electrons. The topological polar surface area (TPSA) is 73.9 Å². The maximum atomic E-state index is 12.7. The monoisotopic (exact) mass is 522 g/mol. The Hall–Kier alpha value is -3.62. The van der Waals surface area contributed by atoms with Crippen LogP contribution in [0.15, 0.2) is 72.8 Å². The van der Waals surface area contributed by atoms with Crippen LogP contribution in [0.5, 0.6) is 5.75 Å². The highest BCUT2D eigenvalue weighted by atomic mass is 35.5. The summed E-state index contributed by atoms with van der Waals surface area (Å²) in [5.74, 6) is 0.331. The number of ether oxygens (including phenoxy) is 1. The third-order valence-corrected chi connectivity index (χ3v) is 6.28. The van der Waals surface area contributed by atoms with Crippen molar-refractivity contribution in [3.8, 4) is 5.75 Å². The van der Waals surface area contributed by atoms with Gasteiger partial charge in [-0.25, -0.2) is 0 Å². The van der Waals surface area contributed by atoms with E-state index in [1.54, 1.807) is 30.3 Å². The third-order valence-electron chi connectivity index (χ3n) is 5.77. The van der Waals surface area contributed by atoms with Crippen molar-refractivity contribution in [2.24, 2.45) is 0 Å². The minimum Gasteiger partial charge on any atom is -0.494 e. The van der Waals surface area contributed by atoms with E-state index in [9.17, 15) is 9.59 Å². The number of hydrogen-bond acceptors (Lipinski definition) is 5. The number of hydrogen-bond donors (Lipinski definition) is 2. The summed E-state index contributed by atoms with van der Waals surface area (Å²) in [5, 5.41) is 6.40. The molecule has 0 spiro atoms. The zero-order valence-corrected chi connectivity index (χ0v) is 21.4. The van der Waals surface area contributed by atoms with Gasteiger partial charge in [0.15, 0.2) is 5.11 Å². The van der Waals surface area contributed by atoms with E-state index < -0.39 is 0 Å². The van der Waals surface area contributed by atoms with Crippen molar-refractivity contribution in [1.82, 2.24) is 10.2 Å². The number of anilines is 2. The highest BCUT2D eigenvalue weighted by Crippen LogP contribution is 2.30. The first-order chi connectivity index (χ1) is 17.4. The van der Waals surface area contributed by atoms with E-state index in [4.69, 9.17) is 28.6 Å². The van der Waals surface area contributed by atoms with Crippen LogP contribution in [0.1, 0.15) is 27.6 Å². The van der Waals surface area contributed by atoms with Gasteiger partial charge in [-0.15, -0.1) is 0 Å². The lowest BCUT2D eigenvalue weighted by atomic mass is 10.1. The van der Waals surface area contributed by atoms with Gasteiger partial charge in [-0.2, -0.15) is 0 Å². The fourth-order valence-corrected chi connectivity index (χ4v) is 4.50. The van der Waals surface area contributed by atoms with E-state index in [0.717, 1.165) is 5.69 Å². The molecule has 4 rings (SSSR count). The number of nitrogens with one attached hydrogen (secondary N) is 2. The van der Waals surface area contributed by atoms with Crippen LogP contribution in [0.4, 0.5) is 11.4 Å². The van der Waals surface area contributed by atoms with Crippen molar-refractivity contribution in [3.05, 3.63) is 88.9 Å². The molecule has 1 aliphatic rings. The largest absolute Gasteiger partial charge is 0.494 e. The van der Waals surface area contributed by atoms with Crippen LogP contribution in [0.25, 0.3) is 0 Å². The lowest BCUT2D eigenvalue weighted by Crippen LogP contribution is -2.48. The van der Waals surface area contributed by atoms with Crippen LogP contribution in [0, 0.1) is 0 Å². The van der Waals surface area contributed by atoms with Gasteiger partial charge in [0.25, 0.3) is 11.8 Å². The number of piperazine rings is 1. The summed E-state index contributed by atoms with van der Waals surface area (Å²) >= 11 is 11.9. The van der Waals surface area contributed by atoms with Crippen molar-refractivity contribution in [1.29, 1.82) is 0 Å². The van der Waals surface area contributed by atoms with E-state index in [0.29, 0.717) is 60.4 Å². The zero-order chi connectivity index (χ0) is 25.5. The third kappa shape index (κ3) is 6.33. The number of benzene rings is 3. The Morgan fingerprint density at radius 1 is 0.944 bits per heavy atom. The van der Waals surface area contributed by atoms with E-state index in [2.05, 4.69) is 15.5 Å². The van der Waals surface area contributed by atoms with Crippen LogP contribution < -0.4 is 20.3 Å². The second-order valence-electron chi connectivity index (χ2n) is 8.18. The van der Waals surface area contributed by atoms with Crippen molar-refractivity contribution >= 4 is 52.1 Å². The van der Waals surface area contributed by atoms with Crippen LogP contribution in [-0.2, 0) is 0 Å². The van der Waals surface area contributed by atoms with Gasteiger partial charge < -0.3 is 19.9 Å². The number of halogens is 1. The predicted molar refractivity (Wildman–Crippen MR) is 147 cm³/mol. The van der Waals surface area contributed by atoms with Crippen LogP contribution in [0.2, 0.25) is 5.02 Å². The summed E-state index contributed by atoms with van der Waals surface area (Å²) in [6.07, 6.45) is 0. The van der Waals surface area contributed by atoms with E-state index in [-0.39, 0.29) is 16.9 Å². The number of carbonyl (C=O) groups excluding carboxylic acids is 2. The maximum Gasteiger partial charge on any atom is 0.257 e. The fourth-order valence-electron chi connectivity index (χ4n) is 3.99. The first kappa shape index (κ1) is 25.5. The summed E-state index contributed by atoms with van der Waals surface area (Å²) < 4.78 is 5.44. The average molecular weight is 523 g/mol. The second kappa shape index (κ2) is 11.9. The molecule has 9 heteroatoms. The lowest BCUT2D eigenvalue weighted by molar-refractivity contribution is 0.0746. The Bertz CT molecular complexity index is 1250. The van der Waals surface area contributed by atoms with E-state index in [1.807, 2.05) is 54.3 Å². The molecule has 0 saturated carbocycles. The molecule has 2 amide bonds. The Balaban J connectivity index is 1.32. The minimum atomic E-state index is -0.334. The minimum absolute atomic E-state index is 0.0427. The number of nitrogens with zero attached hydrogens (tertiary/aromatic N) is 2. The molecule has 1 aliphatic heterocycles. The molecule has 36 heavy (non-hydrogen) atoms. The molecule has 7 nitrogen and oxygen atoms in total. The predicted octanol–water partition coefficient (Wildman–Crippen LogP) is 4.83. The molecule has 0 unspecified atom stereocenters. The first-order valence-electron chi connectivity index (χ1n) is 11.7. The molecule has 0 atom stereocenters. The molecule has 0 aliphatic carbocycles. The molecule has 0 aromatic heterocycles. The number of rotatable bonds is 6. The number of amides is 2. The molecule has 1 fully saturated rings. The summed E-state index contributed by atoms with van der Waals surface area (Å²) in [7, 11) is 0. The van der Waals surface area contributed by atoms with Gasteiger partial charge in [0.05, 0.1) is 17.3 Å². The molecule has 1 heterocycles. The smallest absolute Gasteiger partial charge is 0.257 e. The van der Waals surface area contributed by atoms with Crippen molar-refractivity contribution in [3.63, 3.8) is 0 Å². The Morgan fingerprint density at radius 2 is 1.67 bits per heavy atom. The van der Waals surface area contributed by atoms with Gasteiger partial charge in [0.2, 0.25) is 0 Å². The van der Waals surface area contributed by atoms with E-state index >= 15 is 0 Å². The highest BCUT2D eigenvalue weighted by Gasteiger charge is 2.23. The molecular formula is C27H27ClN4O3S. The van der Waals surface area contributed by atoms with Crippen molar-refractivity contribution in [2.75, 3.05) is 43.0 Å². The lowest BCUT2D eigenvalue weighted by Gasteiger charge is -2.36. The highest BCUT2D eigenvalue weighted by molar-refractivity contribution is 7.80. The van der Waals surface area contributed by atoms with Gasteiger partial charge in [0, 0.05) is 43.0 Å². The van der Waals surface area contributed by atoms with E-state index in [1.165, 1.54) is 0 Å². The maximum absolute atomic E-state index is 12.7. The molecule has 1 saturated heterocycles. The summed E-state index contributed by atoms with van der Waals surface area (Å²) in [6.45, 7) is 4.99. The Morgan fingerprint density at radius 3 is 2.36 bits per heavy atom. The Labute approximate surface area is 221 Å². The summed E-state index contributed by atoms with van der Waals surface area (Å²) in [5.41, 5.74) is 2.69. The normalized spacial score (nSPS) is 13.2. The fraction of sp³-hybridized carbons (Fsp3) is 0.222. The molecule has 0 radical (unpaired) electrons. The number of carbonyl (C=O) groups is 2. The van der Waals surface area contributed by atoms with Crippen molar-refractivity contribution in [2.45, 2.75) is 6.92 Å². The van der Waals surface area contributed by atoms with Gasteiger partial charge in [-0.05, 0) is 67.7 Å². The van der Waals surface area contributed by atoms with Crippen LogP contribution in [-0.4, -0.2) is 54.6 Å². The molecule has 3 aromatic rings. The number of thiocarbonyl (C=S) groups is 1. The zero-order valence-electron chi connectivity index (χ0n) is 19.9. The second-order valence-corrected chi connectivity index (χ2v) is 9.00. The molecule has 0 bridgehead atoms. The van der Waals surface area contributed by atoms with Gasteiger partial charge in [-0.3, -0.25) is 14.9 Å². The molecule has 2 N–H and O–H groups in total. The SMILES string of the molecule is CCOc1cccc(C(=O)NC(=S)Nc2ccc(N3CCN(C(=O)c4ccccc4)CC3)c(Cl)c2)c1. The van der Waals surface area contributed by atoms with Crippen LogP contribution in [0.3, 0.4) is 0 Å². The standard InChI is InChI=1S/C27H27ClN4O3S/c1-2-35-22-10-6-9-20(17-22)25(33)30-27(36)29-21-11-12-24(23(28)18-21)31-13-15-32(16-14-31)26(34)19-7-4-3-5-8-19/h3-12,17-18H,2,13-16H2,1H3,(H2,29,30,33,36). The summed E-state index contributed by atoms with van der Waals surface area (Å²) in [4.78, 5) is 29.3. The average Bonchev–Trinajstić information content (AvgIpc) is 2.89. The van der Waals surface area contributed by atoms with Gasteiger partial charge >= 0.3 is 0 Å². The molecule has 3 aromatic carbocycles.